The first-order valence-corrected chi connectivity index (χ1v) is 4.85. The minimum absolute atomic E-state index is 0.0231. The van der Waals surface area contributed by atoms with Gasteiger partial charge in [0.05, 0.1) is 19.0 Å². The lowest BCUT2D eigenvalue weighted by atomic mass is 9.88. The highest BCUT2D eigenvalue weighted by molar-refractivity contribution is 5.37. The molecule has 1 fully saturated rings. The van der Waals surface area contributed by atoms with E-state index in [1.54, 1.807) is 0 Å². The van der Waals surface area contributed by atoms with Crippen LogP contribution in [0.2, 0.25) is 0 Å². The normalized spacial score (nSPS) is 27.8. The molecule has 0 bridgehead atoms. The first-order chi connectivity index (χ1) is 6.94. The van der Waals surface area contributed by atoms with Gasteiger partial charge in [0.25, 0.3) is 0 Å². The molecular weight excluding hydrogens is 200 g/mol. The van der Waals surface area contributed by atoms with Crippen molar-refractivity contribution in [3.63, 3.8) is 0 Å². The van der Waals surface area contributed by atoms with Gasteiger partial charge in [-0.25, -0.2) is 8.78 Å². The van der Waals surface area contributed by atoms with Crippen molar-refractivity contribution in [3.05, 3.63) is 29.6 Å². The molecular formula is C11H13F2NO. The Balaban J connectivity index is 2.55. The fourth-order valence-electron chi connectivity index (χ4n) is 2.35. The molecule has 1 unspecified atom stereocenters. The number of aliphatic hydroxyl groups excluding tert-OH is 1. The maximum Gasteiger partial charge on any atom is 0.148 e. The van der Waals surface area contributed by atoms with Crippen molar-refractivity contribution in [3.8, 4) is 0 Å². The summed E-state index contributed by atoms with van der Waals surface area (Å²) in [6.07, 6.45) is 2.57. The third-order valence-electron chi connectivity index (χ3n) is 3.52. The van der Waals surface area contributed by atoms with Crippen molar-refractivity contribution in [2.45, 2.75) is 25.7 Å². The van der Waals surface area contributed by atoms with Gasteiger partial charge in [0.2, 0.25) is 0 Å². The van der Waals surface area contributed by atoms with Crippen molar-refractivity contribution >= 4 is 0 Å². The molecule has 0 amide bonds. The Morgan fingerprint density at radius 1 is 1.33 bits per heavy atom. The van der Waals surface area contributed by atoms with Gasteiger partial charge in [-0.15, -0.1) is 0 Å². The predicted molar refractivity (Wildman–Crippen MR) is 51.3 cm³/mol. The van der Waals surface area contributed by atoms with Crippen LogP contribution in [-0.2, 0) is 5.41 Å². The number of aliphatic hydroxyl groups is 1. The van der Waals surface area contributed by atoms with Crippen LogP contribution in [0.5, 0.6) is 0 Å². The first kappa shape index (κ1) is 10.5. The standard InChI is InChI=1S/C11H13F2NO/c1-10(2)5-11(10,6-15)9-7(12)3-14-4-8(9)13/h3-4,15H,5-6H2,1-2H3. The number of nitrogens with zero attached hydrogens (tertiary/aromatic N) is 1. The van der Waals surface area contributed by atoms with Crippen LogP contribution in [0.1, 0.15) is 25.8 Å². The van der Waals surface area contributed by atoms with Crippen LogP contribution in [0.25, 0.3) is 0 Å². The van der Waals surface area contributed by atoms with E-state index in [1.807, 2.05) is 13.8 Å². The Morgan fingerprint density at radius 2 is 1.80 bits per heavy atom. The Kier molecular flexibility index (Phi) is 2.08. The molecule has 0 aromatic carbocycles. The number of aromatic nitrogens is 1. The largest absolute Gasteiger partial charge is 0.395 e. The molecule has 0 saturated heterocycles. The molecule has 1 N–H and O–H groups in total. The van der Waals surface area contributed by atoms with Gasteiger partial charge in [0.1, 0.15) is 11.6 Å². The predicted octanol–water partition coefficient (Wildman–Crippen LogP) is 2.02. The lowest BCUT2D eigenvalue weighted by Crippen LogP contribution is -2.22. The lowest BCUT2D eigenvalue weighted by molar-refractivity contribution is 0.224. The molecule has 4 heteroatoms. The molecule has 1 saturated carbocycles. The second-order valence-corrected chi connectivity index (χ2v) is 4.78. The molecule has 82 valence electrons. The Bertz CT molecular complexity index is 385. The van der Waals surface area contributed by atoms with E-state index >= 15 is 0 Å². The molecule has 0 aliphatic heterocycles. The molecule has 1 aromatic heterocycles. The Morgan fingerprint density at radius 3 is 2.13 bits per heavy atom. The Hall–Kier alpha value is -1.03. The minimum atomic E-state index is -0.774. The fraction of sp³-hybridized carbons (Fsp3) is 0.545. The summed E-state index contributed by atoms with van der Waals surface area (Å²) in [5, 5.41) is 9.34. The third kappa shape index (κ3) is 1.28. The zero-order chi connectivity index (χ0) is 11.3. The monoisotopic (exact) mass is 213 g/mol. The quantitative estimate of drug-likeness (QED) is 0.815. The van der Waals surface area contributed by atoms with Crippen molar-refractivity contribution < 1.29 is 13.9 Å². The van der Waals surface area contributed by atoms with Crippen molar-refractivity contribution in [2.75, 3.05) is 6.61 Å². The molecule has 1 atom stereocenters. The zero-order valence-corrected chi connectivity index (χ0v) is 8.72. The van der Waals surface area contributed by atoms with E-state index in [2.05, 4.69) is 4.98 Å². The van der Waals surface area contributed by atoms with E-state index in [0.29, 0.717) is 6.42 Å². The van der Waals surface area contributed by atoms with Gasteiger partial charge in [-0.3, -0.25) is 4.98 Å². The third-order valence-corrected chi connectivity index (χ3v) is 3.52. The minimum Gasteiger partial charge on any atom is -0.395 e. The number of hydrogen-bond donors (Lipinski definition) is 1. The highest BCUT2D eigenvalue weighted by Gasteiger charge is 2.63. The number of rotatable bonds is 2. The summed E-state index contributed by atoms with van der Waals surface area (Å²) in [5.74, 6) is -1.34. The summed E-state index contributed by atoms with van der Waals surface area (Å²) >= 11 is 0. The summed E-state index contributed by atoms with van der Waals surface area (Å²) in [6, 6.07) is 0. The molecule has 1 aliphatic carbocycles. The molecule has 15 heavy (non-hydrogen) atoms. The topological polar surface area (TPSA) is 33.1 Å². The van der Waals surface area contributed by atoms with Gasteiger partial charge in [0.15, 0.2) is 0 Å². The molecule has 1 aliphatic rings. The maximum atomic E-state index is 13.5. The summed E-state index contributed by atoms with van der Waals surface area (Å²) in [4.78, 5) is 3.44. The molecule has 2 nitrogen and oxygen atoms in total. The van der Waals surface area contributed by atoms with Crippen LogP contribution < -0.4 is 0 Å². The van der Waals surface area contributed by atoms with E-state index in [0.717, 1.165) is 12.4 Å². The molecule has 1 heterocycles. The molecule has 0 spiro atoms. The number of halogens is 2. The summed E-state index contributed by atoms with van der Waals surface area (Å²) in [5.41, 5.74) is -1.06. The zero-order valence-electron chi connectivity index (χ0n) is 8.72. The summed E-state index contributed by atoms with van der Waals surface area (Å²) < 4.78 is 27.0. The summed E-state index contributed by atoms with van der Waals surface area (Å²) in [6.45, 7) is 3.54. The SMILES string of the molecule is CC1(C)CC1(CO)c1c(F)cncc1F. The number of hydrogen-bond acceptors (Lipinski definition) is 2. The van der Waals surface area contributed by atoms with Gasteiger partial charge in [-0.2, -0.15) is 0 Å². The van der Waals surface area contributed by atoms with Gasteiger partial charge in [0, 0.05) is 11.0 Å². The smallest absolute Gasteiger partial charge is 0.148 e. The highest BCUT2D eigenvalue weighted by atomic mass is 19.1. The molecule has 0 radical (unpaired) electrons. The van der Waals surface area contributed by atoms with Crippen molar-refractivity contribution in [1.82, 2.24) is 4.98 Å². The highest BCUT2D eigenvalue weighted by Crippen LogP contribution is 2.64. The second-order valence-electron chi connectivity index (χ2n) is 4.78. The van der Waals surface area contributed by atoms with Crippen molar-refractivity contribution in [2.24, 2.45) is 5.41 Å². The average molecular weight is 213 g/mol. The van der Waals surface area contributed by atoms with Crippen LogP contribution >= 0.6 is 0 Å². The van der Waals surface area contributed by atoms with Crippen LogP contribution in [0.3, 0.4) is 0 Å². The van der Waals surface area contributed by atoms with Gasteiger partial charge >= 0.3 is 0 Å². The fourth-order valence-corrected chi connectivity index (χ4v) is 2.35. The van der Waals surface area contributed by atoms with Crippen molar-refractivity contribution in [1.29, 1.82) is 0 Å². The average Bonchev–Trinajstić information content (AvgIpc) is 2.69. The van der Waals surface area contributed by atoms with E-state index in [4.69, 9.17) is 0 Å². The van der Waals surface area contributed by atoms with Crippen LogP contribution in [0.4, 0.5) is 8.78 Å². The Labute approximate surface area is 87.0 Å². The van der Waals surface area contributed by atoms with Crippen LogP contribution in [-0.4, -0.2) is 16.7 Å². The van der Waals surface area contributed by atoms with Gasteiger partial charge in [-0.1, -0.05) is 13.8 Å². The first-order valence-electron chi connectivity index (χ1n) is 4.85. The second kappa shape index (κ2) is 2.98. The number of pyridine rings is 1. The van der Waals surface area contributed by atoms with E-state index in [9.17, 15) is 13.9 Å². The van der Waals surface area contributed by atoms with E-state index in [-0.39, 0.29) is 17.6 Å². The van der Waals surface area contributed by atoms with Gasteiger partial charge < -0.3 is 5.11 Å². The van der Waals surface area contributed by atoms with Crippen LogP contribution in [0, 0.1) is 17.0 Å². The molecule has 2 rings (SSSR count). The van der Waals surface area contributed by atoms with E-state index < -0.39 is 17.0 Å². The maximum absolute atomic E-state index is 13.5. The molecule has 1 aromatic rings. The van der Waals surface area contributed by atoms with Gasteiger partial charge in [-0.05, 0) is 11.8 Å². The van der Waals surface area contributed by atoms with E-state index in [1.165, 1.54) is 0 Å². The lowest BCUT2D eigenvalue weighted by Gasteiger charge is -2.19. The summed E-state index contributed by atoms with van der Waals surface area (Å²) in [7, 11) is 0. The van der Waals surface area contributed by atoms with Crippen LogP contribution in [0.15, 0.2) is 12.4 Å².